The number of hydrogen-bond donors (Lipinski definition) is 1. The van der Waals surface area contributed by atoms with E-state index in [2.05, 4.69) is 21.9 Å². The van der Waals surface area contributed by atoms with Gasteiger partial charge in [0.15, 0.2) is 0 Å². The van der Waals surface area contributed by atoms with Gasteiger partial charge in [0.2, 0.25) is 5.91 Å². The molecule has 1 aliphatic rings. The zero-order valence-corrected chi connectivity index (χ0v) is 14.2. The molecular formula is C15H21N5O2S. The highest BCUT2D eigenvalue weighted by molar-refractivity contribution is 7.17. The van der Waals surface area contributed by atoms with Crippen molar-refractivity contribution in [1.29, 1.82) is 0 Å². The van der Waals surface area contributed by atoms with Crippen LogP contribution >= 0.6 is 11.3 Å². The maximum Gasteiger partial charge on any atom is 0.268 e. The number of fused-ring (bicyclic) bond motifs is 1. The largest absolute Gasteiger partial charge is 0.339 e. The third kappa shape index (κ3) is 3.77. The Labute approximate surface area is 138 Å². The second-order valence-electron chi connectivity index (χ2n) is 6.00. The first-order valence-electron chi connectivity index (χ1n) is 7.64. The van der Waals surface area contributed by atoms with E-state index in [0.717, 1.165) is 26.2 Å². The third-order valence-electron chi connectivity index (χ3n) is 4.04. The summed E-state index contributed by atoms with van der Waals surface area (Å²) in [5.41, 5.74) is 0.603. The molecule has 0 aromatic carbocycles. The van der Waals surface area contributed by atoms with Crippen LogP contribution in [-0.4, -0.2) is 77.4 Å². The van der Waals surface area contributed by atoms with Gasteiger partial charge in [-0.15, -0.1) is 11.3 Å². The first-order chi connectivity index (χ1) is 11.0. The van der Waals surface area contributed by atoms with Crippen molar-refractivity contribution in [2.45, 2.75) is 6.54 Å². The molecule has 0 bridgehead atoms. The van der Waals surface area contributed by atoms with Crippen LogP contribution in [0.15, 0.2) is 16.2 Å². The summed E-state index contributed by atoms with van der Waals surface area (Å²) in [4.78, 5) is 37.5. The van der Waals surface area contributed by atoms with E-state index in [-0.39, 0.29) is 11.5 Å². The minimum absolute atomic E-state index is 0.112. The summed E-state index contributed by atoms with van der Waals surface area (Å²) >= 11 is 1.39. The average molecular weight is 335 g/mol. The third-order valence-corrected chi connectivity index (χ3v) is 4.95. The summed E-state index contributed by atoms with van der Waals surface area (Å²) in [6.45, 7) is 4.16. The predicted molar refractivity (Wildman–Crippen MR) is 90.7 cm³/mol. The second-order valence-corrected chi connectivity index (χ2v) is 6.92. The van der Waals surface area contributed by atoms with E-state index in [9.17, 15) is 9.59 Å². The Kier molecular flexibility index (Phi) is 4.74. The molecular weight excluding hydrogens is 314 g/mol. The van der Waals surface area contributed by atoms with Crippen molar-refractivity contribution in [1.82, 2.24) is 24.7 Å². The van der Waals surface area contributed by atoms with Crippen LogP contribution in [0.3, 0.4) is 0 Å². The number of nitrogens with zero attached hydrogens (tertiary/aromatic N) is 4. The first-order valence-corrected chi connectivity index (χ1v) is 8.52. The molecule has 8 heteroatoms. The molecule has 7 nitrogen and oxygen atoms in total. The number of H-pyrrole nitrogens is 1. The SMILES string of the molecule is CN1CCN(C(=O)CN(C)Cc2nc3ccsc3c(=O)[nH]2)CC1. The Bertz CT molecular complexity index is 748. The normalized spacial score (nSPS) is 16.4. The van der Waals surface area contributed by atoms with Gasteiger partial charge in [0.1, 0.15) is 10.5 Å². The van der Waals surface area contributed by atoms with Crippen LogP contribution < -0.4 is 5.56 Å². The monoisotopic (exact) mass is 335 g/mol. The minimum Gasteiger partial charge on any atom is -0.339 e. The molecule has 2 aromatic heterocycles. The molecule has 0 unspecified atom stereocenters. The van der Waals surface area contributed by atoms with Crippen LogP contribution in [0.1, 0.15) is 5.82 Å². The van der Waals surface area contributed by atoms with Gasteiger partial charge in [-0.2, -0.15) is 0 Å². The standard InChI is InChI=1S/C15H21N5O2S/c1-18-4-6-20(7-5-18)13(21)10-19(2)9-12-16-11-3-8-23-14(11)15(22)17-12/h3,8H,4-7,9-10H2,1-2H3,(H,16,17,22). The summed E-state index contributed by atoms with van der Waals surface area (Å²) < 4.78 is 0.643. The molecule has 1 saturated heterocycles. The van der Waals surface area contributed by atoms with Crippen molar-refractivity contribution in [2.24, 2.45) is 0 Å². The topological polar surface area (TPSA) is 72.5 Å². The van der Waals surface area contributed by atoms with Crippen LogP contribution in [0, 0.1) is 0 Å². The molecule has 0 aliphatic carbocycles. The van der Waals surface area contributed by atoms with Crippen LogP contribution in [-0.2, 0) is 11.3 Å². The Morgan fingerprint density at radius 1 is 1.39 bits per heavy atom. The van der Waals surface area contributed by atoms with Gasteiger partial charge in [-0.25, -0.2) is 4.98 Å². The summed E-state index contributed by atoms with van der Waals surface area (Å²) in [5, 5.41) is 1.86. The van der Waals surface area contributed by atoms with E-state index in [1.807, 2.05) is 28.3 Å². The lowest BCUT2D eigenvalue weighted by Crippen LogP contribution is -2.49. The van der Waals surface area contributed by atoms with Crippen LogP contribution in [0.4, 0.5) is 0 Å². The fourth-order valence-corrected chi connectivity index (χ4v) is 3.42. The molecule has 1 aliphatic heterocycles. The number of aromatic nitrogens is 2. The number of amides is 1. The highest BCUT2D eigenvalue weighted by Gasteiger charge is 2.20. The molecule has 3 heterocycles. The van der Waals surface area contributed by atoms with Crippen molar-refractivity contribution in [3.63, 3.8) is 0 Å². The summed E-state index contributed by atoms with van der Waals surface area (Å²) in [6.07, 6.45) is 0. The van der Waals surface area contributed by atoms with Gasteiger partial charge in [0.25, 0.3) is 5.56 Å². The number of carbonyl (C=O) groups excluding carboxylic acids is 1. The minimum atomic E-state index is -0.112. The van der Waals surface area contributed by atoms with Gasteiger partial charge in [-0.1, -0.05) is 0 Å². The number of thiophene rings is 1. The molecule has 124 valence electrons. The van der Waals surface area contributed by atoms with Crippen LogP contribution in [0.2, 0.25) is 0 Å². The van der Waals surface area contributed by atoms with E-state index in [1.54, 1.807) is 0 Å². The van der Waals surface area contributed by atoms with E-state index in [4.69, 9.17) is 0 Å². The van der Waals surface area contributed by atoms with Crippen molar-refractivity contribution >= 4 is 27.5 Å². The van der Waals surface area contributed by atoms with Gasteiger partial charge in [0, 0.05) is 26.2 Å². The Hall–Kier alpha value is -1.77. The lowest BCUT2D eigenvalue weighted by Gasteiger charge is -2.33. The molecule has 1 N–H and O–H groups in total. The maximum atomic E-state index is 12.3. The number of carbonyl (C=O) groups is 1. The smallest absolute Gasteiger partial charge is 0.268 e. The summed E-state index contributed by atoms with van der Waals surface area (Å²) in [7, 11) is 3.93. The van der Waals surface area contributed by atoms with E-state index >= 15 is 0 Å². The number of rotatable bonds is 4. The molecule has 1 fully saturated rings. The lowest BCUT2D eigenvalue weighted by atomic mass is 10.3. The molecule has 0 spiro atoms. The van der Waals surface area contributed by atoms with Crippen molar-refractivity contribution in [3.8, 4) is 0 Å². The van der Waals surface area contributed by atoms with Gasteiger partial charge < -0.3 is 14.8 Å². The summed E-state index contributed by atoms with van der Waals surface area (Å²) in [6, 6.07) is 1.84. The van der Waals surface area contributed by atoms with Gasteiger partial charge in [-0.3, -0.25) is 14.5 Å². The molecule has 1 amide bonds. The Morgan fingerprint density at radius 2 is 2.13 bits per heavy atom. The van der Waals surface area contributed by atoms with Crippen LogP contribution in [0.25, 0.3) is 10.2 Å². The van der Waals surface area contributed by atoms with E-state index in [1.165, 1.54) is 11.3 Å². The Morgan fingerprint density at radius 3 is 2.87 bits per heavy atom. The number of piperazine rings is 1. The molecule has 0 saturated carbocycles. The average Bonchev–Trinajstić information content (AvgIpc) is 2.96. The number of likely N-dealkylation sites (N-methyl/N-ethyl adjacent to an activating group) is 2. The summed E-state index contributed by atoms with van der Waals surface area (Å²) in [5.74, 6) is 0.717. The highest BCUT2D eigenvalue weighted by atomic mass is 32.1. The fourth-order valence-electron chi connectivity index (χ4n) is 2.69. The first kappa shape index (κ1) is 16.1. The maximum absolute atomic E-state index is 12.3. The van der Waals surface area contributed by atoms with Crippen molar-refractivity contribution in [2.75, 3.05) is 46.8 Å². The molecule has 3 rings (SSSR count). The van der Waals surface area contributed by atoms with Crippen LogP contribution in [0.5, 0.6) is 0 Å². The zero-order valence-electron chi connectivity index (χ0n) is 13.4. The highest BCUT2D eigenvalue weighted by Crippen LogP contribution is 2.14. The zero-order chi connectivity index (χ0) is 16.4. The van der Waals surface area contributed by atoms with Gasteiger partial charge in [-0.05, 0) is 25.5 Å². The number of nitrogens with one attached hydrogen (secondary N) is 1. The van der Waals surface area contributed by atoms with Gasteiger partial charge >= 0.3 is 0 Å². The van der Waals surface area contributed by atoms with Crippen molar-refractivity contribution < 1.29 is 4.79 Å². The van der Waals surface area contributed by atoms with E-state index in [0.29, 0.717) is 29.1 Å². The molecule has 0 radical (unpaired) electrons. The number of aromatic amines is 1. The Balaban J connectivity index is 1.60. The predicted octanol–water partition coefficient (Wildman–Crippen LogP) is 0.190. The molecule has 2 aromatic rings. The van der Waals surface area contributed by atoms with Crippen molar-refractivity contribution in [3.05, 3.63) is 27.6 Å². The second kappa shape index (κ2) is 6.77. The van der Waals surface area contributed by atoms with Gasteiger partial charge in [0.05, 0.1) is 18.6 Å². The molecule has 23 heavy (non-hydrogen) atoms. The molecule has 0 atom stereocenters. The van der Waals surface area contributed by atoms with E-state index < -0.39 is 0 Å². The fraction of sp³-hybridized carbons (Fsp3) is 0.533. The lowest BCUT2D eigenvalue weighted by molar-refractivity contribution is -0.133. The quantitative estimate of drug-likeness (QED) is 0.864. The number of hydrogen-bond acceptors (Lipinski definition) is 6.